The first-order chi connectivity index (χ1) is 9.84. The molecule has 0 aliphatic carbocycles. The van der Waals surface area contributed by atoms with Crippen LogP contribution in [0.15, 0.2) is 47.4 Å². The van der Waals surface area contributed by atoms with E-state index < -0.39 is 26.5 Å². The van der Waals surface area contributed by atoms with Crippen LogP contribution in [-0.4, -0.2) is 31.0 Å². The Hall–Kier alpha value is -2.38. The van der Waals surface area contributed by atoms with E-state index in [1.165, 1.54) is 19.2 Å². The summed E-state index contributed by atoms with van der Waals surface area (Å²) in [6.45, 7) is 0. The number of carbonyl (C=O) groups is 1. The first-order valence-electron chi connectivity index (χ1n) is 5.83. The van der Waals surface area contributed by atoms with Crippen LogP contribution >= 0.6 is 0 Å². The van der Waals surface area contributed by atoms with E-state index in [-0.39, 0.29) is 16.9 Å². The number of phenolic OH excluding ortho intramolecular Hbond substituents is 1. The van der Waals surface area contributed by atoms with Gasteiger partial charge < -0.3 is 9.84 Å². The molecule has 0 amide bonds. The summed E-state index contributed by atoms with van der Waals surface area (Å²) in [5, 5.41) is 9.99. The van der Waals surface area contributed by atoms with Gasteiger partial charge in [0.05, 0.1) is 17.6 Å². The summed E-state index contributed by atoms with van der Waals surface area (Å²) in [6.07, 6.45) is 0. The highest BCUT2D eigenvalue weighted by Gasteiger charge is 2.22. The maximum atomic E-state index is 12.3. The maximum Gasteiger partial charge on any atom is 0.294 e. The minimum absolute atomic E-state index is 0.218. The molecule has 110 valence electrons. The Morgan fingerprint density at radius 1 is 1.14 bits per heavy atom. The van der Waals surface area contributed by atoms with Crippen LogP contribution in [-0.2, 0) is 10.1 Å². The van der Waals surface area contributed by atoms with Gasteiger partial charge in [0, 0.05) is 11.6 Å². The lowest BCUT2D eigenvalue weighted by molar-refractivity contribution is 0.103. The molecule has 6 nitrogen and oxygen atoms in total. The molecule has 0 aliphatic heterocycles. The van der Waals surface area contributed by atoms with Crippen molar-refractivity contribution in [3.05, 3.63) is 53.6 Å². The molecular weight excluding hydrogens is 296 g/mol. The molecule has 0 aromatic heterocycles. The van der Waals surface area contributed by atoms with Crippen molar-refractivity contribution in [3.8, 4) is 11.5 Å². The average molecular weight is 308 g/mol. The zero-order valence-electron chi connectivity index (χ0n) is 11.0. The molecule has 0 saturated heterocycles. The number of carbonyl (C=O) groups excluding carboxylic acids is 1. The van der Waals surface area contributed by atoms with Crippen molar-refractivity contribution in [3.63, 3.8) is 0 Å². The van der Waals surface area contributed by atoms with Crippen LogP contribution in [0.4, 0.5) is 0 Å². The maximum absolute atomic E-state index is 12.3. The normalized spacial score (nSPS) is 11.1. The third-order valence-electron chi connectivity index (χ3n) is 2.85. The molecule has 0 saturated carbocycles. The van der Waals surface area contributed by atoms with Gasteiger partial charge in [-0.3, -0.25) is 9.35 Å². The fourth-order valence-corrected chi connectivity index (χ4v) is 2.33. The Bertz CT molecular complexity index is 781. The molecule has 2 aromatic rings. The van der Waals surface area contributed by atoms with Crippen molar-refractivity contribution in [2.75, 3.05) is 7.11 Å². The highest BCUT2D eigenvalue weighted by Crippen LogP contribution is 2.34. The Balaban J connectivity index is 2.66. The van der Waals surface area contributed by atoms with Crippen LogP contribution in [0.2, 0.25) is 0 Å². The molecule has 0 radical (unpaired) electrons. The van der Waals surface area contributed by atoms with E-state index in [1.54, 1.807) is 18.2 Å². The van der Waals surface area contributed by atoms with Gasteiger partial charge in [-0.25, -0.2) is 0 Å². The molecule has 0 atom stereocenters. The third kappa shape index (κ3) is 3.04. The number of hydrogen-bond donors (Lipinski definition) is 2. The van der Waals surface area contributed by atoms with Crippen LogP contribution in [0.25, 0.3) is 0 Å². The van der Waals surface area contributed by atoms with Gasteiger partial charge >= 0.3 is 0 Å². The lowest BCUT2D eigenvalue weighted by Gasteiger charge is -2.10. The highest BCUT2D eigenvalue weighted by atomic mass is 32.2. The minimum atomic E-state index is -4.53. The Morgan fingerprint density at radius 3 is 2.29 bits per heavy atom. The molecule has 2 rings (SSSR count). The average Bonchev–Trinajstić information content (AvgIpc) is 2.46. The van der Waals surface area contributed by atoms with E-state index in [0.29, 0.717) is 0 Å². The smallest absolute Gasteiger partial charge is 0.294 e. The van der Waals surface area contributed by atoms with Crippen molar-refractivity contribution in [1.82, 2.24) is 0 Å². The van der Waals surface area contributed by atoms with Gasteiger partial charge in [-0.2, -0.15) is 8.42 Å². The molecule has 21 heavy (non-hydrogen) atoms. The number of phenols is 1. The largest absolute Gasteiger partial charge is 0.504 e. The molecular formula is C14H12O6S. The topological polar surface area (TPSA) is 101 Å². The molecule has 0 bridgehead atoms. The molecule has 2 N–H and O–H groups in total. The number of methoxy groups -OCH3 is 1. The Kier molecular flexibility index (Phi) is 3.97. The first-order valence-corrected chi connectivity index (χ1v) is 7.27. The molecule has 0 spiro atoms. The first kappa shape index (κ1) is 15.0. The van der Waals surface area contributed by atoms with Crippen molar-refractivity contribution < 1.29 is 27.6 Å². The second kappa shape index (κ2) is 5.55. The number of aromatic hydroxyl groups is 1. The van der Waals surface area contributed by atoms with Crippen LogP contribution in [0, 0.1) is 0 Å². The van der Waals surface area contributed by atoms with Gasteiger partial charge in [-0.05, 0) is 6.07 Å². The van der Waals surface area contributed by atoms with Crippen LogP contribution in [0.3, 0.4) is 0 Å². The summed E-state index contributed by atoms with van der Waals surface area (Å²) in [5.74, 6) is -1.29. The quantitative estimate of drug-likeness (QED) is 0.660. The SMILES string of the molecule is COc1cc(S(=O)(=O)O)cc(C(=O)c2ccccc2)c1O. The van der Waals surface area contributed by atoms with Gasteiger partial charge in [0.25, 0.3) is 10.1 Å². The number of ketones is 1. The standard InChI is InChI=1S/C14H12O6S/c1-20-12-8-10(21(17,18)19)7-11(14(12)16)13(15)9-5-3-2-4-6-9/h2-8,16H,1H3,(H,17,18,19). The summed E-state index contributed by atoms with van der Waals surface area (Å²) >= 11 is 0. The highest BCUT2D eigenvalue weighted by molar-refractivity contribution is 7.85. The predicted molar refractivity (Wildman–Crippen MR) is 74.3 cm³/mol. The van der Waals surface area contributed by atoms with Gasteiger partial charge in [0.2, 0.25) is 0 Å². The van der Waals surface area contributed by atoms with E-state index in [2.05, 4.69) is 0 Å². The zero-order chi connectivity index (χ0) is 15.6. The Morgan fingerprint density at radius 2 is 1.76 bits per heavy atom. The monoisotopic (exact) mass is 308 g/mol. The van der Waals surface area contributed by atoms with Crippen molar-refractivity contribution in [2.45, 2.75) is 4.90 Å². The molecule has 0 heterocycles. The lowest BCUT2D eigenvalue weighted by Crippen LogP contribution is -2.06. The van der Waals surface area contributed by atoms with E-state index in [9.17, 15) is 18.3 Å². The second-order valence-electron chi connectivity index (χ2n) is 4.19. The van der Waals surface area contributed by atoms with Crippen molar-refractivity contribution >= 4 is 15.9 Å². The van der Waals surface area contributed by atoms with E-state index >= 15 is 0 Å². The van der Waals surface area contributed by atoms with E-state index in [1.807, 2.05) is 0 Å². The lowest BCUT2D eigenvalue weighted by atomic mass is 10.0. The Labute approximate surface area is 121 Å². The van der Waals surface area contributed by atoms with Gasteiger partial charge in [0.15, 0.2) is 17.3 Å². The number of ether oxygens (including phenoxy) is 1. The summed E-state index contributed by atoms with van der Waals surface area (Å²) in [6, 6.07) is 9.87. The van der Waals surface area contributed by atoms with Crippen LogP contribution < -0.4 is 4.74 Å². The molecule has 0 unspecified atom stereocenters. The second-order valence-corrected chi connectivity index (χ2v) is 5.61. The van der Waals surface area contributed by atoms with E-state index in [0.717, 1.165) is 12.1 Å². The molecule has 0 fully saturated rings. The van der Waals surface area contributed by atoms with Crippen LogP contribution in [0.5, 0.6) is 11.5 Å². The number of benzene rings is 2. The third-order valence-corrected chi connectivity index (χ3v) is 3.68. The minimum Gasteiger partial charge on any atom is -0.504 e. The summed E-state index contributed by atoms with van der Waals surface area (Å²) < 4.78 is 36.4. The molecule has 2 aromatic carbocycles. The summed E-state index contributed by atoms with van der Waals surface area (Å²) in [4.78, 5) is 11.8. The van der Waals surface area contributed by atoms with Gasteiger partial charge in [-0.15, -0.1) is 0 Å². The van der Waals surface area contributed by atoms with E-state index in [4.69, 9.17) is 9.29 Å². The molecule has 7 heteroatoms. The summed E-state index contributed by atoms with van der Waals surface area (Å²) in [7, 11) is -3.33. The van der Waals surface area contributed by atoms with Crippen LogP contribution in [0.1, 0.15) is 15.9 Å². The fourth-order valence-electron chi connectivity index (χ4n) is 1.81. The van der Waals surface area contributed by atoms with Crippen molar-refractivity contribution in [2.24, 2.45) is 0 Å². The van der Waals surface area contributed by atoms with Gasteiger partial charge in [-0.1, -0.05) is 30.3 Å². The fraction of sp³-hybridized carbons (Fsp3) is 0.0714. The predicted octanol–water partition coefficient (Wildman–Crippen LogP) is 1.88. The van der Waals surface area contributed by atoms with Crippen molar-refractivity contribution in [1.29, 1.82) is 0 Å². The summed E-state index contributed by atoms with van der Waals surface area (Å²) in [5.41, 5.74) is -0.00415. The number of hydrogen-bond acceptors (Lipinski definition) is 5. The zero-order valence-corrected chi connectivity index (χ0v) is 11.8. The van der Waals surface area contributed by atoms with Gasteiger partial charge in [0.1, 0.15) is 0 Å². The molecule has 0 aliphatic rings. The number of rotatable bonds is 4.